The maximum atomic E-state index is 4.16. The van der Waals surface area contributed by atoms with E-state index < -0.39 is 0 Å². The van der Waals surface area contributed by atoms with Crippen LogP contribution in [0.15, 0.2) is 24.4 Å². The number of rotatable bonds is 5. The van der Waals surface area contributed by atoms with Crippen LogP contribution in [0, 0.1) is 0 Å². The molecular formula is C13H19N3S. The predicted octanol–water partition coefficient (Wildman–Crippen LogP) is 2.89. The topological polar surface area (TPSA) is 29.9 Å². The first-order chi connectivity index (χ1) is 8.20. The van der Waals surface area contributed by atoms with Gasteiger partial charge in [0.2, 0.25) is 0 Å². The minimum atomic E-state index is 0.398. The second-order valence-corrected chi connectivity index (χ2v) is 5.41. The fourth-order valence-corrected chi connectivity index (χ4v) is 2.73. The molecule has 1 N–H and O–H groups in total. The summed E-state index contributed by atoms with van der Waals surface area (Å²) in [5.41, 5.74) is 1.21. The molecule has 0 aliphatic carbocycles. The van der Waals surface area contributed by atoms with Crippen molar-refractivity contribution in [2.24, 2.45) is 7.05 Å². The van der Waals surface area contributed by atoms with Crippen molar-refractivity contribution < 1.29 is 0 Å². The highest BCUT2D eigenvalue weighted by molar-refractivity contribution is 7.12. The van der Waals surface area contributed by atoms with Crippen LogP contribution < -0.4 is 5.32 Å². The molecule has 2 rings (SSSR count). The van der Waals surface area contributed by atoms with Gasteiger partial charge in [-0.2, -0.15) is 5.10 Å². The molecule has 4 heteroatoms. The molecule has 0 aliphatic rings. The monoisotopic (exact) mass is 249 g/mol. The number of aryl methyl sites for hydroxylation is 2. The van der Waals surface area contributed by atoms with Crippen molar-refractivity contribution in [3.8, 4) is 0 Å². The minimum absolute atomic E-state index is 0.398. The molecule has 3 nitrogen and oxygen atoms in total. The van der Waals surface area contributed by atoms with Gasteiger partial charge in [-0.15, -0.1) is 11.3 Å². The number of aromatic nitrogens is 2. The molecule has 1 unspecified atom stereocenters. The molecule has 2 aromatic heterocycles. The molecule has 0 saturated heterocycles. The molecule has 0 radical (unpaired) electrons. The molecule has 0 spiro atoms. The van der Waals surface area contributed by atoms with E-state index in [2.05, 4.69) is 36.4 Å². The third-order valence-corrected chi connectivity index (χ3v) is 4.38. The molecule has 92 valence electrons. The summed E-state index contributed by atoms with van der Waals surface area (Å²) in [5, 5.41) is 7.69. The summed E-state index contributed by atoms with van der Waals surface area (Å²) >= 11 is 1.90. The Bertz CT molecular complexity index is 472. The Labute approximate surface area is 106 Å². The van der Waals surface area contributed by atoms with Gasteiger partial charge in [-0.05, 0) is 31.5 Å². The third kappa shape index (κ3) is 2.96. The Morgan fingerprint density at radius 3 is 2.82 bits per heavy atom. The predicted molar refractivity (Wildman–Crippen MR) is 72.2 cm³/mol. The highest BCUT2D eigenvalue weighted by Crippen LogP contribution is 2.23. The van der Waals surface area contributed by atoms with Crippen LogP contribution in [0.1, 0.15) is 35.3 Å². The zero-order chi connectivity index (χ0) is 12.3. The summed E-state index contributed by atoms with van der Waals surface area (Å²) in [6, 6.07) is 6.90. The summed E-state index contributed by atoms with van der Waals surface area (Å²) in [6.45, 7) is 5.27. The van der Waals surface area contributed by atoms with Crippen molar-refractivity contribution in [2.75, 3.05) is 0 Å². The second-order valence-electron chi connectivity index (χ2n) is 4.21. The SMILES string of the molecule is CCc1ccc(C(C)NCc2ccnn2C)s1. The van der Waals surface area contributed by atoms with E-state index in [9.17, 15) is 0 Å². The molecular weight excluding hydrogens is 230 g/mol. The van der Waals surface area contributed by atoms with E-state index in [0.29, 0.717) is 6.04 Å². The van der Waals surface area contributed by atoms with E-state index >= 15 is 0 Å². The molecule has 0 aromatic carbocycles. The van der Waals surface area contributed by atoms with Crippen LogP contribution in [0.3, 0.4) is 0 Å². The lowest BCUT2D eigenvalue weighted by atomic mass is 10.2. The minimum Gasteiger partial charge on any atom is -0.304 e. The van der Waals surface area contributed by atoms with Crippen LogP contribution in [-0.2, 0) is 20.0 Å². The van der Waals surface area contributed by atoms with Crippen molar-refractivity contribution in [3.05, 3.63) is 39.8 Å². The van der Waals surface area contributed by atoms with Crippen molar-refractivity contribution >= 4 is 11.3 Å². The fraction of sp³-hybridized carbons (Fsp3) is 0.462. The smallest absolute Gasteiger partial charge is 0.0518 e. The summed E-state index contributed by atoms with van der Waals surface area (Å²) in [7, 11) is 1.97. The van der Waals surface area contributed by atoms with Gasteiger partial charge in [0.05, 0.1) is 5.69 Å². The van der Waals surface area contributed by atoms with Crippen LogP contribution >= 0.6 is 11.3 Å². The van der Waals surface area contributed by atoms with Gasteiger partial charge in [0.1, 0.15) is 0 Å². The molecule has 2 heterocycles. The molecule has 0 saturated carbocycles. The average molecular weight is 249 g/mol. The normalized spacial score (nSPS) is 12.9. The first-order valence-electron chi connectivity index (χ1n) is 5.99. The summed E-state index contributed by atoms with van der Waals surface area (Å²) in [6.07, 6.45) is 2.96. The molecule has 0 amide bonds. The Balaban J connectivity index is 1.93. The van der Waals surface area contributed by atoms with E-state index in [0.717, 1.165) is 13.0 Å². The van der Waals surface area contributed by atoms with E-state index in [4.69, 9.17) is 0 Å². The number of thiophene rings is 1. The van der Waals surface area contributed by atoms with Gasteiger partial charge >= 0.3 is 0 Å². The van der Waals surface area contributed by atoms with Gasteiger partial charge in [-0.1, -0.05) is 6.92 Å². The fourth-order valence-electron chi connectivity index (χ4n) is 1.75. The highest BCUT2D eigenvalue weighted by atomic mass is 32.1. The number of hydrogen-bond donors (Lipinski definition) is 1. The molecule has 0 aliphatic heterocycles. The van der Waals surface area contributed by atoms with Crippen LogP contribution in [0.5, 0.6) is 0 Å². The second kappa shape index (κ2) is 5.47. The molecule has 0 fully saturated rings. The lowest BCUT2D eigenvalue weighted by molar-refractivity contribution is 0.554. The van der Waals surface area contributed by atoms with Gasteiger partial charge in [0, 0.05) is 35.6 Å². The van der Waals surface area contributed by atoms with Crippen LogP contribution in [0.2, 0.25) is 0 Å². The zero-order valence-electron chi connectivity index (χ0n) is 10.6. The van der Waals surface area contributed by atoms with Crippen molar-refractivity contribution in [1.29, 1.82) is 0 Å². The largest absolute Gasteiger partial charge is 0.304 e. The van der Waals surface area contributed by atoms with Gasteiger partial charge in [0.15, 0.2) is 0 Å². The maximum absolute atomic E-state index is 4.16. The Kier molecular flexibility index (Phi) is 3.97. The zero-order valence-corrected chi connectivity index (χ0v) is 11.4. The Morgan fingerprint density at radius 1 is 1.41 bits per heavy atom. The van der Waals surface area contributed by atoms with Crippen LogP contribution in [-0.4, -0.2) is 9.78 Å². The Hall–Kier alpha value is -1.13. The lowest BCUT2D eigenvalue weighted by Gasteiger charge is -2.12. The number of hydrogen-bond acceptors (Lipinski definition) is 3. The summed E-state index contributed by atoms with van der Waals surface area (Å²) < 4.78 is 1.91. The van der Waals surface area contributed by atoms with Gasteiger partial charge < -0.3 is 5.32 Å². The first kappa shape index (κ1) is 12.3. The third-order valence-electron chi connectivity index (χ3n) is 2.97. The van der Waals surface area contributed by atoms with E-state index in [1.165, 1.54) is 15.4 Å². The molecule has 17 heavy (non-hydrogen) atoms. The van der Waals surface area contributed by atoms with Crippen LogP contribution in [0.25, 0.3) is 0 Å². The van der Waals surface area contributed by atoms with Gasteiger partial charge in [-0.3, -0.25) is 4.68 Å². The molecule has 1 atom stereocenters. The first-order valence-corrected chi connectivity index (χ1v) is 6.81. The Morgan fingerprint density at radius 2 is 2.24 bits per heavy atom. The van der Waals surface area contributed by atoms with E-state index in [1.54, 1.807) is 0 Å². The lowest BCUT2D eigenvalue weighted by Crippen LogP contribution is -2.18. The summed E-state index contributed by atoms with van der Waals surface area (Å²) in [4.78, 5) is 2.86. The highest BCUT2D eigenvalue weighted by Gasteiger charge is 2.08. The summed E-state index contributed by atoms with van der Waals surface area (Å²) in [5.74, 6) is 0. The average Bonchev–Trinajstić information content (AvgIpc) is 2.94. The van der Waals surface area contributed by atoms with Gasteiger partial charge in [0.25, 0.3) is 0 Å². The van der Waals surface area contributed by atoms with Gasteiger partial charge in [-0.25, -0.2) is 0 Å². The number of nitrogens with zero attached hydrogens (tertiary/aromatic N) is 2. The molecule has 0 bridgehead atoms. The van der Waals surface area contributed by atoms with Crippen molar-refractivity contribution in [3.63, 3.8) is 0 Å². The molecule has 2 aromatic rings. The number of nitrogens with one attached hydrogen (secondary N) is 1. The maximum Gasteiger partial charge on any atom is 0.0518 e. The standard InChI is InChI=1S/C13H19N3S/c1-4-12-5-6-13(17-12)10(2)14-9-11-7-8-15-16(11)3/h5-8,10,14H,4,9H2,1-3H3. The van der Waals surface area contributed by atoms with Crippen molar-refractivity contribution in [1.82, 2.24) is 15.1 Å². The van der Waals surface area contributed by atoms with E-state index in [-0.39, 0.29) is 0 Å². The quantitative estimate of drug-likeness (QED) is 0.883. The van der Waals surface area contributed by atoms with Crippen LogP contribution in [0.4, 0.5) is 0 Å². The van der Waals surface area contributed by atoms with E-state index in [1.807, 2.05) is 35.3 Å². The van der Waals surface area contributed by atoms with Crippen molar-refractivity contribution in [2.45, 2.75) is 32.9 Å².